The second-order valence-electron chi connectivity index (χ2n) is 7.87. The molecule has 3 aromatic carbocycles. The minimum absolute atomic E-state index is 0.156. The molecule has 3 rings (SSSR count). The Balaban J connectivity index is 1.65. The van der Waals surface area contributed by atoms with Crippen LogP contribution in [0.25, 0.3) is 0 Å². The topological polar surface area (TPSA) is 66.5 Å². The van der Waals surface area contributed by atoms with E-state index in [0.29, 0.717) is 23.0 Å². The number of benzene rings is 3. The molecule has 0 radical (unpaired) electrons. The van der Waals surface area contributed by atoms with E-state index < -0.39 is 10.0 Å². The number of carbonyl (C=O) groups excluding carboxylic acids is 1. The molecule has 0 aromatic heterocycles. The number of nitrogens with zero attached hydrogens (tertiary/aromatic N) is 1. The standard InChI is InChI=1S/C26H29ClN2O3S2/c1-3-21-8-12-24(13-9-21)29(34(31,32)25-14-4-20(2)5-15-25)18-26(30)28-16-17-33-19-22-6-10-23(27)11-7-22/h4-15H,3,16-19H2,1-2H3,(H,28,30). The maximum atomic E-state index is 13.4. The van der Waals surface area contributed by atoms with Crippen LogP contribution in [0.3, 0.4) is 0 Å². The summed E-state index contributed by atoms with van der Waals surface area (Å²) in [4.78, 5) is 12.9. The number of aryl methyl sites for hydroxylation is 2. The van der Waals surface area contributed by atoms with E-state index in [0.717, 1.165) is 28.9 Å². The molecule has 0 aliphatic carbocycles. The van der Waals surface area contributed by atoms with Crippen molar-refractivity contribution in [1.29, 1.82) is 0 Å². The van der Waals surface area contributed by atoms with Crippen molar-refractivity contribution >= 4 is 45.0 Å². The van der Waals surface area contributed by atoms with Crippen LogP contribution in [0, 0.1) is 6.92 Å². The van der Waals surface area contributed by atoms with Crippen molar-refractivity contribution in [3.05, 3.63) is 94.5 Å². The van der Waals surface area contributed by atoms with Gasteiger partial charge < -0.3 is 5.32 Å². The van der Waals surface area contributed by atoms with Crippen LogP contribution in [-0.2, 0) is 27.0 Å². The lowest BCUT2D eigenvalue weighted by Gasteiger charge is -2.24. The maximum Gasteiger partial charge on any atom is 0.264 e. The van der Waals surface area contributed by atoms with E-state index in [1.165, 1.54) is 4.31 Å². The number of amides is 1. The average molecular weight is 517 g/mol. The van der Waals surface area contributed by atoms with Gasteiger partial charge in [-0.25, -0.2) is 8.42 Å². The van der Waals surface area contributed by atoms with Gasteiger partial charge in [-0.15, -0.1) is 0 Å². The summed E-state index contributed by atoms with van der Waals surface area (Å²) in [6.07, 6.45) is 0.846. The number of nitrogens with one attached hydrogen (secondary N) is 1. The molecule has 8 heteroatoms. The van der Waals surface area contributed by atoms with Gasteiger partial charge in [-0.05, 0) is 60.9 Å². The van der Waals surface area contributed by atoms with Crippen molar-refractivity contribution in [1.82, 2.24) is 5.32 Å². The molecule has 5 nitrogen and oxygen atoms in total. The molecule has 0 heterocycles. The van der Waals surface area contributed by atoms with E-state index in [1.54, 1.807) is 48.2 Å². The zero-order valence-corrected chi connectivity index (χ0v) is 21.7. The molecule has 3 aromatic rings. The van der Waals surface area contributed by atoms with Crippen molar-refractivity contribution in [3.63, 3.8) is 0 Å². The monoisotopic (exact) mass is 516 g/mol. The molecule has 34 heavy (non-hydrogen) atoms. The Morgan fingerprint density at radius 3 is 2.18 bits per heavy atom. The Morgan fingerprint density at radius 2 is 1.56 bits per heavy atom. The predicted octanol–water partition coefficient (Wildman–Crippen LogP) is 5.46. The fraction of sp³-hybridized carbons (Fsp3) is 0.269. The Hall–Kier alpha value is -2.48. The van der Waals surface area contributed by atoms with Gasteiger partial charge in [0.1, 0.15) is 6.54 Å². The molecule has 0 saturated heterocycles. The minimum atomic E-state index is -3.90. The summed E-state index contributed by atoms with van der Waals surface area (Å²) in [5.74, 6) is 1.18. The zero-order valence-electron chi connectivity index (χ0n) is 19.3. The van der Waals surface area contributed by atoms with Crippen molar-refractivity contribution in [2.24, 2.45) is 0 Å². The second kappa shape index (κ2) is 12.3. The van der Waals surface area contributed by atoms with Gasteiger partial charge in [-0.2, -0.15) is 11.8 Å². The number of halogens is 1. The molecule has 0 aliphatic heterocycles. The van der Waals surface area contributed by atoms with Gasteiger partial charge in [0.25, 0.3) is 10.0 Å². The normalized spacial score (nSPS) is 11.3. The van der Waals surface area contributed by atoms with Gasteiger partial charge in [0.2, 0.25) is 5.91 Å². The SMILES string of the molecule is CCc1ccc(N(CC(=O)NCCSCc2ccc(Cl)cc2)S(=O)(=O)c2ccc(C)cc2)cc1. The lowest BCUT2D eigenvalue weighted by atomic mass is 10.1. The van der Waals surface area contributed by atoms with Crippen LogP contribution in [0.15, 0.2) is 77.7 Å². The predicted molar refractivity (Wildman–Crippen MR) is 142 cm³/mol. The minimum Gasteiger partial charge on any atom is -0.354 e. The molecule has 0 saturated carbocycles. The highest BCUT2D eigenvalue weighted by Crippen LogP contribution is 2.24. The molecule has 0 fully saturated rings. The number of sulfonamides is 1. The van der Waals surface area contributed by atoms with E-state index in [-0.39, 0.29) is 17.3 Å². The van der Waals surface area contributed by atoms with Gasteiger partial charge in [0.05, 0.1) is 10.6 Å². The molecule has 1 amide bonds. The van der Waals surface area contributed by atoms with Crippen LogP contribution in [0.5, 0.6) is 0 Å². The first-order valence-electron chi connectivity index (χ1n) is 11.1. The molecule has 0 unspecified atom stereocenters. The lowest BCUT2D eigenvalue weighted by molar-refractivity contribution is -0.119. The summed E-state index contributed by atoms with van der Waals surface area (Å²) in [5.41, 5.74) is 3.68. The van der Waals surface area contributed by atoms with E-state index >= 15 is 0 Å². The summed E-state index contributed by atoms with van der Waals surface area (Å²) in [6.45, 7) is 4.10. The van der Waals surface area contributed by atoms with Crippen LogP contribution < -0.4 is 9.62 Å². The molecular formula is C26H29ClN2O3S2. The molecule has 0 spiro atoms. The van der Waals surface area contributed by atoms with E-state index in [1.807, 2.05) is 50.2 Å². The first kappa shape index (κ1) is 26.1. The molecule has 180 valence electrons. The van der Waals surface area contributed by atoms with Crippen molar-refractivity contribution in [2.45, 2.75) is 30.9 Å². The number of anilines is 1. The third kappa shape index (κ3) is 7.26. The van der Waals surface area contributed by atoms with Crippen LogP contribution >= 0.6 is 23.4 Å². The number of carbonyl (C=O) groups is 1. The number of thioether (sulfide) groups is 1. The van der Waals surface area contributed by atoms with Gasteiger partial charge >= 0.3 is 0 Å². The summed E-state index contributed by atoms with van der Waals surface area (Å²) in [5, 5.41) is 3.55. The highest BCUT2D eigenvalue weighted by Gasteiger charge is 2.27. The number of rotatable bonds is 11. The van der Waals surface area contributed by atoms with Gasteiger partial charge in [-0.3, -0.25) is 9.10 Å². The summed E-state index contributed by atoms with van der Waals surface area (Å²) in [6, 6.07) is 21.6. The fourth-order valence-electron chi connectivity index (χ4n) is 3.27. The van der Waals surface area contributed by atoms with Crippen LogP contribution in [0.2, 0.25) is 5.02 Å². The van der Waals surface area contributed by atoms with E-state index in [2.05, 4.69) is 5.32 Å². The smallest absolute Gasteiger partial charge is 0.264 e. The summed E-state index contributed by atoms with van der Waals surface area (Å²) >= 11 is 7.60. The third-order valence-corrected chi connectivity index (χ3v) is 8.35. The van der Waals surface area contributed by atoms with Crippen molar-refractivity contribution in [2.75, 3.05) is 23.1 Å². The Morgan fingerprint density at radius 1 is 0.941 bits per heavy atom. The largest absolute Gasteiger partial charge is 0.354 e. The first-order valence-corrected chi connectivity index (χ1v) is 14.0. The van der Waals surface area contributed by atoms with E-state index in [9.17, 15) is 13.2 Å². The van der Waals surface area contributed by atoms with Crippen molar-refractivity contribution in [3.8, 4) is 0 Å². The Kier molecular flexibility index (Phi) is 9.45. The van der Waals surface area contributed by atoms with E-state index in [4.69, 9.17) is 11.6 Å². The Bertz CT molecular complexity index is 1180. The maximum absolute atomic E-state index is 13.4. The molecule has 0 bridgehead atoms. The lowest BCUT2D eigenvalue weighted by Crippen LogP contribution is -2.41. The Labute approximate surface area is 211 Å². The van der Waals surface area contributed by atoms with Gasteiger partial charge in [0, 0.05) is 23.1 Å². The summed E-state index contributed by atoms with van der Waals surface area (Å²) in [7, 11) is -3.90. The third-order valence-electron chi connectivity index (χ3n) is 5.28. The number of hydrogen-bond donors (Lipinski definition) is 1. The van der Waals surface area contributed by atoms with Crippen LogP contribution in [0.1, 0.15) is 23.6 Å². The molecular weight excluding hydrogens is 488 g/mol. The molecule has 0 atom stereocenters. The summed E-state index contributed by atoms with van der Waals surface area (Å²) < 4.78 is 28.0. The van der Waals surface area contributed by atoms with Crippen LogP contribution in [-0.4, -0.2) is 33.2 Å². The molecule has 1 N–H and O–H groups in total. The highest BCUT2D eigenvalue weighted by molar-refractivity contribution is 7.98. The van der Waals surface area contributed by atoms with Crippen molar-refractivity contribution < 1.29 is 13.2 Å². The second-order valence-corrected chi connectivity index (χ2v) is 11.3. The molecule has 0 aliphatic rings. The zero-order chi connectivity index (χ0) is 24.6. The van der Waals surface area contributed by atoms with Gasteiger partial charge in [0.15, 0.2) is 0 Å². The average Bonchev–Trinajstić information content (AvgIpc) is 2.84. The fourth-order valence-corrected chi connectivity index (χ4v) is 5.64. The number of hydrogen-bond acceptors (Lipinski definition) is 4. The van der Waals surface area contributed by atoms with Crippen LogP contribution in [0.4, 0.5) is 5.69 Å². The highest BCUT2D eigenvalue weighted by atomic mass is 35.5. The first-order chi connectivity index (χ1) is 16.3. The van der Waals surface area contributed by atoms with Gasteiger partial charge in [-0.1, -0.05) is 60.5 Å². The quantitative estimate of drug-likeness (QED) is 0.344.